The average molecular weight is 611 g/mol. The van der Waals surface area contributed by atoms with Crippen molar-refractivity contribution in [1.82, 2.24) is 39.0 Å². The summed E-state index contributed by atoms with van der Waals surface area (Å²) in [6.07, 6.45) is -4.07. The molecule has 20 heteroatoms. The summed E-state index contributed by atoms with van der Waals surface area (Å²) in [5.74, 6) is -0.324. The van der Waals surface area contributed by atoms with Gasteiger partial charge in [0.1, 0.15) is 6.23 Å². The van der Waals surface area contributed by atoms with Crippen LogP contribution in [0.1, 0.15) is 31.7 Å². The smallest absolute Gasteiger partial charge is 0.280 e. The Morgan fingerprint density at radius 1 is 1.17 bits per heavy atom. The normalized spacial score (nSPS) is 28.7. The third kappa shape index (κ3) is 5.18. The summed E-state index contributed by atoms with van der Waals surface area (Å²) in [7, 11) is 2.17. The van der Waals surface area contributed by atoms with E-state index in [1.807, 2.05) is 0 Å². The van der Waals surface area contributed by atoms with Gasteiger partial charge in [-0.3, -0.25) is 29.0 Å². The molecule has 0 spiro atoms. The molecule has 4 aromatic heterocycles. The van der Waals surface area contributed by atoms with Gasteiger partial charge in [0.2, 0.25) is 5.95 Å². The molecular formula is C22H27FN9O9P. The predicted molar refractivity (Wildman–Crippen MR) is 141 cm³/mol. The first-order chi connectivity index (χ1) is 20.3. The molecule has 0 aliphatic carbocycles. The van der Waals surface area contributed by atoms with Gasteiger partial charge in [0.05, 0.1) is 31.7 Å². The van der Waals surface area contributed by atoms with E-state index in [4.69, 9.17) is 24.5 Å². The van der Waals surface area contributed by atoms with Gasteiger partial charge >= 0.3 is 0 Å². The molecule has 3 unspecified atom stereocenters. The highest BCUT2D eigenvalue weighted by Gasteiger charge is 2.50. The first kappa shape index (κ1) is 28.7. The number of nitrogens with zero attached hydrogens (tertiary/aromatic N) is 6. The number of alkyl halides is 1. The fraction of sp³-hybridized carbons (Fsp3) is 0.545. The molecule has 42 heavy (non-hydrogen) atoms. The molecule has 6 N–H and O–H groups in total. The minimum Gasteiger partial charge on any atom is -0.369 e. The quantitative estimate of drug-likeness (QED) is 0.0670. The lowest BCUT2D eigenvalue weighted by Gasteiger charge is -2.21. The van der Waals surface area contributed by atoms with Crippen molar-refractivity contribution in [2.75, 3.05) is 12.3 Å². The Kier molecular flexibility index (Phi) is 7.99. The third-order valence-corrected chi connectivity index (χ3v) is 7.54. The van der Waals surface area contributed by atoms with Crippen LogP contribution in [0.15, 0.2) is 28.6 Å². The van der Waals surface area contributed by atoms with E-state index in [0.717, 1.165) is 6.33 Å². The lowest BCUT2D eigenvalue weighted by Crippen LogP contribution is -2.33. The maximum Gasteiger partial charge on any atom is 0.280 e. The number of aromatic amines is 2. The highest BCUT2D eigenvalue weighted by Crippen LogP contribution is 2.39. The van der Waals surface area contributed by atoms with E-state index in [9.17, 15) is 20.0 Å². The van der Waals surface area contributed by atoms with Gasteiger partial charge in [-0.15, -0.1) is 0 Å². The Labute approximate surface area is 236 Å². The number of nitrogens with one attached hydrogen (secondary N) is 2. The van der Waals surface area contributed by atoms with Crippen LogP contribution < -0.4 is 16.9 Å². The number of halogens is 1. The van der Waals surface area contributed by atoms with Crippen LogP contribution in [0, 0.1) is 5.92 Å². The minimum atomic E-state index is -2.03. The van der Waals surface area contributed by atoms with Crippen LogP contribution >= 0.6 is 9.47 Å². The highest BCUT2D eigenvalue weighted by atomic mass is 31.0. The fourth-order valence-corrected chi connectivity index (χ4v) is 5.55. The lowest BCUT2D eigenvalue weighted by molar-refractivity contribution is -0.300. The van der Waals surface area contributed by atoms with Gasteiger partial charge in [-0.05, 0) is 25.2 Å². The van der Waals surface area contributed by atoms with Crippen LogP contribution in [0.5, 0.6) is 0 Å². The van der Waals surface area contributed by atoms with E-state index in [0.29, 0.717) is 18.5 Å². The first-order valence-corrected chi connectivity index (χ1v) is 13.3. The number of H-pyrrole nitrogens is 2. The van der Waals surface area contributed by atoms with Gasteiger partial charge in [-0.2, -0.15) is 4.98 Å². The van der Waals surface area contributed by atoms with Crippen LogP contribution in [-0.2, 0) is 23.6 Å². The molecule has 2 aliphatic rings. The number of aromatic nitrogens is 8. The zero-order valence-corrected chi connectivity index (χ0v) is 22.8. The van der Waals surface area contributed by atoms with E-state index in [-0.39, 0.29) is 53.2 Å². The van der Waals surface area contributed by atoms with Crippen molar-refractivity contribution >= 4 is 37.7 Å². The Hall–Kier alpha value is -3.42. The number of aliphatic hydroxyl groups is 1. The van der Waals surface area contributed by atoms with E-state index >= 15 is 4.39 Å². The SMILES string of the molecule is Nc1nc2c(ncn2[C@@H]2OC(OC(O)CC[C@H]3C[C@H](n4cnc5c(=O)[nH]cnc54)O[C@@H]3COP)[C@@H](F)[C@H]2OO)c(=O)[nH]1. The van der Waals surface area contributed by atoms with Crippen molar-refractivity contribution in [3.63, 3.8) is 0 Å². The first-order valence-electron chi connectivity index (χ1n) is 12.8. The highest BCUT2D eigenvalue weighted by molar-refractivity contribution is 7.09. The summed E-state index contributed by atoms with van der Waals surface area (Å²) in [6.45, 7) is 0.235. The Morgan fingerprint density at radius 3 is 2.69 bits per heavy atom. The topological polar surface area (TPSA) is 240 Å². The van der Waals surface area contributed by atoms with Crippen LogP contribution in [0.4, 0.5) is 10.3 Å². The molecule has 226 valence electrons. The zero-order valence-electron chi connectivity index (χ0n) is 21.6. The summed E-state index contributed by atoms with van der Waals surface area (Å²) < 4.78 is 40.5. The number of imidazole rings is 2. The second kappa shape index (κ2) is 11.7. The number of anilines is 1. The number of rotatable bonds is 10. The summed E-state index contributed by atoms with van der Waals surface area (Å²) in [4.78, 5) is 49.5. The van der Waals surface area contributed by atoms with Crippen molar-refractivity contribution in [1.29, 1.82) is 0 Å². The third-order valence-electron chi connectivity index (χ3n) is 7.35. The maximum absolute atomic E-state index is 15.2. The van der Waals surface area contributed by atoms with E-state index in [1.165, 1.54) is 17.2 Å². The number of aliphatic hydroxyl groups excluding tert-OH is 1. The molecule has 0 bridgehead atoms. The van der Waals surface area contributed by atoms with Crippen LogP contribution in [0.25, 0.3) is 22.3 Å². The molecule has 0 amide bonds. The Balaban J connectivity index is 1.11. The Bertz CT molecular complexity index is 1680. The number of nitrogen functional groups attached to an aromatic ring is 1. The molecule has 2 saturated heterocycles. The second-order valence-electron chi connectivity index (χ2n) is 9.87. The van der Waals surface area contributed by atoms with Crippen molar-refractivity contribution < 1.29 is 38.4 Å². The molecule has 4 aromatic rings. The second-order valence-corrected chi connectivity index (χ2v) is 10.2. The summed E-state index contributed by atoms with van der Waals surface area (Å²) in [5.41, 5.74) is 5.07. The van der Waals surface area contributed by atoms with Crippen molar-refractivity contribution in [2.24, 2.45) is 5.92 Å². The largest absolute Gasteiger partial charge is 0.369 e. The number of nitrogens with two attached hydrogens (primary N) is 1. The molecule has 0 saturated carbocycles. The van der Waals surface area contributed by atoms with Gasteiger partial charge in [-0.25, -0.2) is 24.2 Å². The Morgan fingerprint density at radius 2 is 1.93 bits per heavy atom. The van der Waals surface area contributed by atoms with Crippen LogP contribution in [0.2, 0.25) is 0 Å². The van der Waals surface area contributed by atoms with E-state index < -0.39 is 42.9 Å². The molecule has 6 rings (SSSR count). The molecule has 0 aromatic carbocycles. The van der Waals surface area contributed by atoms with Crippen molar-refractivity contribution in [2.45, 2.75) is 62.7 Å². The summed E-state index contributed by atoms with van der Waals surface area (Å²) in [6, 6.07) is 0. The molecular weight excluding hydrogens is 584 g/mol. The molecule has 18 nitrogen and oxygen atoms in total. The van der Waals surface area contributed by atoms with Gasteiger partial charge in [0.15, 0.2) is 53.4 Å². The number of hydrogen-bond acceptors (Lipinski definition) is 14. The molecule has 2 aliphatic heterocycles. The fourth-order valence-electron chi connectivity index (χ4n) is 5.36. The maximum atomic E-state index is 15.2. The average Bonchev–Trinajstić information content (AvgIpc) is 3.73. The van der Waals surface area contributed by atoms with E-state index in [2.05, 4.69) is 44.3 Å². The zero-order chi connectivity index (χ0) is 29.5. The van der Waals surface area contributed by atoms with Gasteiger partial charge in [0, 0.05) is 9.47 Å². The molecule has 6 heterocycles. The standard InChI is InChI=1S/C22H27FN9O9P/c23-12-15(41-36)20(32-7-28-14-17(32)29-22(24)30-19(14)35)40-21(12)39-11(33)2-1-8-3-10(38-9(8)4-37-42)31-6-27-13-16(31)25-5-26-18(13)34/h5-12,15,20-21,33,36H,1-4,42H2,(H,25,26,34)(H3,24,29,30,35)/t8-,9+,10+,11?,12-,15+,20+,21?/m0/s1. The van der Waals surface area contributed by atoms with E-state index in [1.54, 1.807) is 4.57 Å². The summed E-state index contributed by atoms with van der Waals surface area (Å²) in [5, 5.41) is 20.0. The van der Waals surface area contributed by atoms with Crippen molar-refractivity contribution in [3.8, 4) is 0 Å². The molecule has 0 radical (unpaired) electrons. The number of hydrogen-bond donors (Lipinski definition) is 5. The lowest BCUT2D eigenvalue weighted by atomic mass is 9.95. The molecule has 2 fully saturated rings. The van der Waals surface area contributed by atoms with Gasteiger partial charge in [-0.1, -0.05) is 0 Å². The van der Waals surface area contributed by atoms with Crippen molar-refractivity contribution in [3.05, 3.63) is 39.7 Å². The van der Waals surface area contributed by atoms with Crippen LogP contribution in [0.3, 0.4) is 0 Å². The number of ether oxygens (including phenoxy) is 3. The van der Waals surface area contributed by atoms with Gasteiger partial charge in [0.25, 0.3) is 11.1 Å². The van der Waals surface area contributed by atoms with Gasteiger partial charge < -0.3 is 34.6 Å². The van der Waals surface area contributed by atoms with Crippen LogP contribution in [-0.4, -0.2) is 87.0 Å². The minimum absolute atomic E-state index is 0.0275. The molecule has 9 atom stereocenters. The number of fused-ring (bicyclic) bond motifs is 2. The monoisotopic (exact) mass is 611 g/mol. The summed E-state index contributed by atoms with van der Waals surface area (Å²) >= 11 is 0. The predicted octanol–water partition coefficient (Wildman–Crippen LogP) is -0.288.